The molecule has 1 aliphatic rings. The maximum absolute atomic E-state index is 9.10. The van der Waals surface area contributed by atoms with Gasteiger partial charge in [0.15, 0.2) is 0 Å². The molecule has 2 unspecified atom stereocenters. The Morgan fingerprint density at radius 1 is 1.47 bits per heavy atom. The van der Waals surface area contributed by atoms with Crippen LogP contribution in [0.1, 0.15) is 38.2 Å². The fourth-order valence-electron chi connectivity index (χ4n) is 2.65. The molecule has 1 aromatic carbocycles. The van der Waals surface area contributed by atoms with Gasteiger partial charge in [0.1, 0.15) is 6.07 Å². The van der Waals surface area contributed by atoms with Crippen molar-refractivity contribution in [3.8, 4) is 6.07 Å². The Morgan fingerprint density at radius 2 is 2.29 bits per heavy atom. The van der Waals surface area contributed by atoms with Gasteiger partial charge >= 0.3 is 0 Å². The van der Waals surface area contributed by atoms with Gasteiger partial charge in [-0.15, -0.1) is 0 Å². The smallest absolute Gasteiger partial charge is 0.101 e. The molecule has 0 aromatic heterocycles. The number of nitriles is 1. The molecule has 0 spiro atoms. The maximum Gasteiger partial charge on any atom is 0.101 e. The van der Waals surface area contributed by atoms with Crippen LogP contribution in [0.15, 0.2) is 22.7 Å². The first-order valence-corrected chi connectivity index (χ1v) is 7.00. The van der Waals surface area contributed by atoms with E-state index >= 15 is 0 Å². The van der Waals surface area contributed by atoms with E-state index in [1.165, 1.54) is 25.7 Å². The van der Waals surface area contributed by atoms with Crippen LogP contribution >= 0.6 is 15.9 Å². The largest absolute Gasteiger partial charge is 0.381 e. The van der Waals surface area contributed by atoms with Gasteiger partial charge in [-0.25, -0.2) is 0 Å². The van der Waals surface area contributed by atoms with Gasteiger partial charge in [0.25, 0.3) is 0 Å². The highest BCUT2D eigenvalue weighted by Gasteiger charge is 2.25. The molecular weight excluding hydrogens is 276 g/mol. The maximum atomic E-state index is 9.10. The summed E-state index contributed by atoms with van der Waals surface area (Å²) < 4.78 is 1.02. The van der Waals surface area contributed by atoms with Crippen molar-refractivity contribution in [3.63, 3.8) is 0 Å². The molecule has 1 saturated carbocycles. The van der Waals surface area contributed by atoms with Crippen molar-refractivity contribution in [2.24, 2.45) is 5.92 Å². The zero-order valence-corrected chi connectivity index (χ0v) is 11.6. The van der Waals surface area contributed by atoms with E-state index in [2.05, 4.69) is 34.2 Å². The summed E-state index contributed by atoms with van der Waals surface area (Å²) >= 11 is 3.46. The highest BCUT2D eigenvalue weighted by Crippen LogP contribution is 2.32. The third-order valence-corrected chi connectivity index (χ3v) is 4.12. The number of nitrogens with zero attached hydrogens (tertiary/aromatic N) is 1. The Balaban J connectivity index is 2.18. The number of halogens is 1. The van der Waals surface area contributed by atoms with Gasteiger partial charge in [-0.05, 0) is 37.0 Å². The van der Waals surface area contributed by atoms with E-state index in [0.717, 1.165) is 21.6 Å². The van der Waals surface area contributed by atoms with E-state index in [0.29, 0.717) is 6.04 Å². The van der Waals surface area contributed by atoms with E-state index in [1.807, 2.05) is 18.2 Å². The lowest BCUT2D eigenvalue weighted by molar-refractivity contribution is 0.489. The lowest BCUT2D eigenvalue weighted by Gasteiger charge is -2.21. The molecule has 0 aliphatic heterocycles. The van der Waals surface area contributed by atoms with Crippen LogP contribution in [0.4, 0.5) is 5.69 Å². The molecule has 0 radical (unpaired) electrons. The van der Waals surface area contributed by atoms with Crippen molar-refractivity contribution in [2.45, 2.75) is 38.6 Å². The molecule has 3 heteroatoms. The van der Waals surface area contributed by atoms with Gasteiger partial charge < -0.3 is 5.32 Å². The lowest BCUT2D eigenvalue weighted by atomic mass is 10.00. The van der Waals surface area contributed by atoms with Crippen LogP contribution in [0.3, 0.4) is 0 Å². The number of hydrogen-bond acceptors (Lipinski definition) is 2. The zero-order chi connectivity index (χ0) is 12.3. The Kier molecular flexibility index (Phi) is 4.06. The summed E-state index contributed by atoms with van der Waals surface area (Å²) in [5.74, 6) is 0.750. The summed E-state index contributed by atoms with van der Waals surface area (Å²) in [6.07, 6.45) is 5.04. The van der Waals surface area contributed by atoms with E-state index in [1.54, 1.807) is 0 Å². The summed E-state index contributed by atoms with van der Waals surface area (Å²) in [7, 11) is 0. The summed E-state index contributed by atoms with van der Waals surface area (Å²) in [6, 6.07) is 8.55. The molecule has 1 N–H and O–H groups in total. The van der Waals surface area contributed by atoms with Gasteiger partial charge in [0.05, 0.1) is 11.3 Å². The standard InChI is InChI=1S/C14H17BrN2/c1-2-10-4-3-5-13(10)17-14-8-12(15)7-6-11(14)9-16/h6-8,10,13,17H,2-5H2,1H3. The summed E-state index contributed by atoms with van der Waals surface area (Å²) in [5.41, 5.74) is 1.70. The number of hydrogen-bond donors (Lipinski definition) is 1. The van der Waals surface area contributed by atoms with E-state index in [4.69, 9.17) is 5.26 Å². The molecule has 0 heterocycles. The molecule has 1 fully saturated rings. The predicted octanol–water partition coefficient (Wildman–Crippen LogP) is 4.31. The fourth-order valence-corrected chi connectivity index (χ4v) is 3.01. The minimum atomic E-state index is 0.529. The quantitative estimate of drug-likeness (QED) is 0.901. The van der Waals surface area contributed by atoms with Crippen molar-refractivity contribution >= 4 is 21.6 Å². The van der Waals surface area contributed by atoms with Crippen LogP contribution < -0.4 is 5.32 Å². The zero-order valence-electron chi connectivity index (χ0n) is 10.0. The van der Waals surface area contributed by atoms with Crippen LogP contribution in [0.25, 0.3) is 0 Å². The number of anilines is 1. The van der Waals surface area contributed by atoms with Crippen LogP contribution in [-0.2, 0) is 0 Å². The second kappa shape index (κ2) is 5.55. The Hall–Kier alpha value is -1.01. The van der Waals surface area contributed by atoms with Crippen molar-refractivity contribution < 1.29 is 0 Å². The fraction of sp³-hybridized carbons (Fsp3) is 0.500. The molecule has 2 nitrogen and oxygen atoms in total. The van der Waals surface area contributed by atoms with Crippen LogP contribution in [0, 0.1) is 17.2 Å². The third-order valence-electron chi connectivity index (χ3n) is 3.63. The Morgan fingerprint density at radius 3 is 3.00 bits per heavy atom. The van der Waals surface area contributed by atoms with Crippen molar-refractivity contribution in [1.29, 1.82) is 5.26 Å². The second-order valence-corrected chi connectivity index (χ2v) is 5.57. The molecule has 2 atom stereocenters. The van der Waals surface area contributed by atoms with Gasteiger partial charge in [0, 0.05) is 10.5 Å². The molecule has 0 saturated heterocycles. The van der Waals surface area contributed by atoms with Crippen molar-refractivity contribution in [1.82, 2.24) is 0 Å². The monoisotopic (exact) mass is 292 g/mol. The first kappa shape index (κ1) is 12.4. The van der Waals surface area contributed by atoms with Crippen LogP contribution in [-0.4, -0.2) is 6.04 Å². The Labute approximate surface area is 111 Å². The van der Waals surface area contributed by atoms with E-state index in [9.17, 15) is 0 Å². The van der Waals surface area contributed by atoms with Gasteiger partial charge in [-0.1, -0.05) is 35.7 Å². The highest BCUT2D eigenvalue weighted by molar-refractivity contribution is 9.10. The van der Waals surface area contributed by atoms with Gasteiger partial charge in [0.2, 0.25) is 0 Å². The second-order valence-electron chi connectivity index (χ2n) is 4.65. The SMILES string of the molecule is CCC1CCCC1Nc1cc(Br)ccc1C#N. The first-order valence-electron chi connectivity index (χ1n) is 6.20. The lowest BCUT2D eigenvalue weighted by Crippen LogP contribution is -2.23. The van der Waals surface area contributed by atoms with Crippen molar-refractivity contribution in [2.75, 3.05) is 5.32 Å². The minimum absolute atomic E-state index is 0.529. The molecule has 90 valence electrons. The molecular formula is C14H17BrN2. The third kappa shape index (κ3) is 2.81. The molecule has 0 bridgehead atoms. The molecule has 1 aliphatic carbocycles. The minimum Gasteiger partial charge on any atom is -0.381 e. The van der Waals surface area contributed by atoms with Gasteiger partial charge in [-0.2, -0.15) is 5.26 Å². The van der Waals surface area contributed by atoms with E-state index < -0.39 is 0 Å². The Bertz CT molecular complexity index is 436. The van der Waals surface area contributed by atoms with Crippen LogP contribution in [0.5, 0.6) is 0 Å². The van der Waals surface area contributed by atoms with Gasteiger partial charge in [-0.3, -0.25) is 0 Å². The summed E-state index contributed by atoms with van der Waals surface area (Å²) in [5, 5.41) is 12.7. The first-order chi connectivity index (χ1) is 8.24. The molecule has 2 rings (SSSR count). The molecule has 17 heavy (non-hydrogen) atoms. The topological polar surface area (TPSA) is 35.8 Å². The summed E-state index contributed by atoms with van der Waals surface area (Å²) in [4.78, 5) is 0. The number of nitrogens with one attached hydrogen (secondary N) is 1. The highest BCUT2D eigenvalue weighted by atomic mass is 79.9. The molecule has 0 amide bonds. The number of rotatable bonds is 3. The van der Waals surface area contributed by atoms with E-state index in [-0.39, 0.29) is 0 Å². The van der Waals surface area contributed by atoms with Crippen LogP contribution in [0.2, 0.25) is 0 Å². The predicted molar refractivity (Wildman–Crippen MR) is 73.9 cm³/mol. The molecule has 1 aromatic rings. The normalized spacial score (nSPS) is 23.4. The number of benzene rings is 1. The average molecular weight is 293 g/mol. The summed E-state index contributed by atoms with van der Waals surface area (Å²) in [6.45, 7) is 2.25. The average Bonchev–Trinajstić information content (AvgIpc) is 2.77. The van der Waals surface area contributed by atoms with Crippen molar-refractivity contribution in [3.05, 3.63) is 28.2 Å².